The summed E-state index contributed by atoms with van der Waals surface area (Å²) in [5, 5.41) is 34.1. The van der Waals surface area contributed by atoms with Gasteiger partial charge in [0.25, 0.3) is 11.7 Å². The lowest BCUT2D eigenvalue weighted by molar-refractivity contribution is -0.302. The number of carbonyl (C=O) groups excluding carboxylic acids is 4. The number of methoxy groups -OCH3 is 3. The molecule has 1 saturated carbocycles. The summed E-state index contributed by atoms with van der Waals surface area (Å²) in [4.78, 5) is 57.8. The molecule has 14 unspecified atom stereocenters. The molecule has 2 bridgehead atoms. The number of ether oxygens (including phenoxy) is 5. The lowest BCUT2D eigenvalue weighted by Gasteiger charge is -2.47. The molecular formula is C44H69NO12. The van der Waals surface area contributed by atoms with E-state index < -0.39 is 83.9 Å². The van der Waals surface area contributed by atoms with Crippen LogP contribution in [0.3, 0.4) is 0 Å². The molecule has 2 saturated heterocycles. The van der Waals surface area contributed by atoms with E-state index in [-0.39, 0.29) is 49.5 Å². The van der Waals surface area contributed by atoms with Crippen LogP contribution in [0.4, 0.5) is 0 Å². The molecule has 0 aromatic carbocycles. The van der Waals surface area contributed by atoms with Gasteiger partial charge in [-0.05, 0) is 95.5 Å². The van der Waals surface area contributed by atoms with Crippen LogP contribution in [0.2, 0.25) is 0 Å². The van der Waals surface area contributed by atoms with Gasteiger partial charge in [-0.3, -0.25) is 14.4 Å². The third-order valence-corrected chi connectivity index (χ3v) is 12.9. The fourth-order valence-corrected chi connectivity index (χ4v) is 9.42. The zero-order valence-electron chi connectivity index (χ0n) is 35.4. The maximum Gasteiger partial charge on any atom is 0.329 e. The van der Waals surface area contributed by atoms with Gasteiger partial charge >= 0.3 is 5.97 Å². The number of rotatable bonds is 7. The number of carbonyl (C=O) groups is 4. The maximum absolute atomic E-state index is 14.3. The highest BCUT2D eigenvalue weighted by molar-refractivity contribution is 6.39. The molecule has 1 aliphatic carbocycles. The first-order valence-corrected chi connectivity index (χ1v) is 20.9. The molecule has 3 heterocycles. The Morgan fingerprint density at radius 3 is 2.25 bits per heavy atom. The summed E-state index contributed by atoms with van der Waals surface area (Å²) >= 11 is 0. The van der Waals surface area contributed by atoms with Gasteiger partial charge in [-0.15, -0.1) is 6.58 Å². The summed E-state index contributed by atoms with van der Waals surface area (Å²) in [6, 6.07) is -1.14. The molecule has 0 aromatic rings. The van der Waals surface area contributed by atoms with Gasteiger partial charge in [-0.2, -0.15) is 0 Å². The number of amides is 1. The average molecular weight is 804 g/mol. The van der Waals surface area contributed by atoms with Gasteiger partial charge in [0.1, 0.15) is 24.0 Å². The Morgan fingerprint density at radius 2 is 1.60 bits per heavy atom. The van der Waals surface area contributed by atoms with Crippen molar-refractivity contribution in [2.24, 2.45) is 29.6 Å². The van der Waals surface area contributed by atoms with E-state index in [1.54, 1.807) is 27.0 Å². The van der Waals surface area contributed by atoms with Crippen molar-refractivity contribution in [1.82, 2.24) is 4.90 Å². The molecule has 14 atom stereocenters. The van der Waals surface area contributed by atoms with Crippen molar-refractivity contribution >= 4 is 23.4 Å². The van der Waals surface area contributed by atoms with Crippen LogP contribution in [0.1, 0.15) is 105 Å². The van der Waals surface area contributed by atoms with Gasteiger partial charge < -0.3 is 43.9 Å². The number of piperidine rings is 1. The van der Waals surface area contributed by atoms with Crippen molar-refractivity contribution < 1.29 is 58.2 Å². The summed E-state index contributed by atoms with van der Waals surface area (Å²) in [6.45, 7) is 13.1. The van der Waals surface area contributed by atoms with E-state index in [9.17, 15) is 34.5 Å². The SMILES string of the molecule is C=CCC1/C=C(/C)CC(C)CC(OC)C2OC(O)(C(=O)C(=O)N3CCCCC3C(=O)OC(/C(C)=C/C3CCC(O)C(OC)C3)C(C)C(O)CC1=O)C(C)CC2OC. The first kappa shape index (κ1) is 46.9. The Kier molecular flexibility index (Phi) is 17.2. The lowest BCUT2D eigenvalue weighted by Crippen LogP contribution is -2.64. The molecule has 4 rings (SSSR count). The van der Waals surface area contributed by atoms with Crippen LogP contribution in [0, 0.1) is 29.6 Å². The van der Waals surface area contributed by atoms with Crippen molar-refractivity contribution in [3.05, 3.63) is 36.0 Å². The predicted molar refractivity (Wildman–Crippen MR) is 213 cm³/mol. The zero-order valence-corrected chi connectivity index (χ0v) is 35.4. The number of nitrogens with zero attached hydrogens (tertiary/aromatic N) is 1. The standard InChI is InChI=1S/C44H69NO12/c1-10-13-31-19-25(2)18-26(3)20-37(54-8)40-38(55-9)22-28(5)44(52,57-40)41(49)42(50)45-17-12-11-14-32(45)43(51)56-39(29(6)34(47)24-35(31)48)27(4)21-30-15-16-33(46)36(23-30)53-7/h10,19,21,26,28-34,36-40,46-47,52H,1,11-18,20,22-24H2,2-9H3/b25-19-,27-21+. The van der Waals surface area contributed by atoms with Crippen molar-refractivity contribution in [2.75, 3.05) is 27.9 Å². The van der Waals surface area contributed by atoms with Gasteiger partial charge in [0.05, 0.1) is 30.5 Å². The quantitative estimate of drug-likeness (QED) is 0.185. The lowest BCUT2D eigenvalue weighted by atomic mass is 9.81. The number of Topliss-reactive ketones (excluding diaryl/α,β-unsaturated/α-hetero) is 2. The largest absolute Gasteiger partial charge is 0.456 e. The first-order valence-electron chi connectivity index (χ1n) is 20.9. The van der Waals surface area contributed by atoms with Crippen LogP contribution >= 0.6 is 0 Å². The number of fused-ring (bicyclic) bond motifs is 3. The van der Waals surface area contributed by atoms with E-state index in [0.29, 0.717) is 56.9 Å². The molecule has 3 N–H and O–H groups in total. The van der Waals surface area contributed by atoms with Crippen LogP contribution < -0.4 is 0 Å². The number of allylic oxidation sites excluding steroid dienone is 4. The molecule has 3 fully saturated rings. The van der Waals surface area contributed by atoms with Crippen molar-refractivity contribution in [3.8, 4) is 0 Å². The summed E-state index contributed by atoms with van der Waals surface area (Å²) in [6.07, 6.45) is 4.93. The molecule has 0 radical (unpaired) electrons. The smallest absolute Gasteiger partial charge is 0.329 e. The van der Waals surface area contributed by atoms with Gasteiger partial charge in [-0.25, -0.2) is 4.79 Å². The van der Waals surface area contributed by atoms with E-state index >= 15 is 0 Å². The van der Waals surface area contributed by atoms with Crippen molar-refractivity contribution in [2.45, 2.75) is 160 Å². The molecule has 0 spiro atoms. The fraction of sp³-hybridized carbons (Fsp3) is 0.773. The van der Waals surface area contributed by atoms with Crippen molar-refractivity contribution in [1.29, 1.82) is 0 Å². The predicted octanol–water partition coefficient (Wildman–Crippen LogP) is 4.64. The number of hydrogen-bond acceptors (Lipinski definition) is 12. The highest BCUT2D eigenvalue weighted by atomic mass is 16.7. The van der Waals surface area contributed by atoms with Crippen LogP contribution in [-0.4, -0.2) is 126 Å². The third-order valence-electron chi connectivity index (χ3n) is 12.9. The molecule has 322 valence electrons. The van der Waals surface area contributed by atoms with Gasteiger partial charge in [0, 0.05) is 52.0 Å². The molecule has 4 aliphatic rings. The second-order valence-corrected chi connectivity index (χ2v) is 17.3. The summed E-state index contributed by atoms with van der Waals surface area (Å²) in [7, 11) is 4.61. The first-order chi connectivity index (χ1) is 27.0. The minimum absolute atomic E-state index is 0.00988. The Balaban J connectivity index is 1.78. The number of hydrogen-bond donors (Lipinski definition) is 3. The van der Waals surface area contributed by atoms with Gasteiger partial charge in [-0.1, -0.05) is 44.6 Å². The molecule has 3 aliphatic heterocycles. The van der Waals surface area contributed by atoms with Crippen LogP contribution in [0.5, 0.6) is 0 Å². The van der Waals surface area contributed by atoms with Crippen LogP contribution in [0.15, 0.2) is 36.0 Å². The highest BCUT2D eigenvalue weighted by Gasteiger charge is 2.56. The summed E-state index contributed by atoms with van der Waals surface area (Å²) in [5.74, 6) is -7.76. The highest BCUT2D eigenvalue weighted by Crippen LogP contribution is 2.39. The molecule has 13 heteroatoms. The monoisotopic (exact) mass is 803 g/mol. The van der Waals surface area contributed by atoms with Gasteiger partial charge in [0.2, 0.25) is 5.79 Å². The summed E-state index contributed by atoms with van der Waals surface area (Å²) < 4.78 is 29.7. The van der Waals surface area contributed by atoms with E-state index in [1.807, 2.05) is 32.9 Å². The number of ketones is 2. The Hall–Kier alpha value is -2.78. The van der Waals surface area contributed by atoms with Gasteiger partial charge in [0.15, 0.2) is 0 Å². The summed E-state index contributed by atoms with van der Waals surface area (Å²) in [5.41, 5.74) is 1.61. The maximum atomic E-state index is 14.3. The second kappa shape index (κ2) is 21.0. The van der Waals surface area contributed by atoms with E-state index in [1.165, 1.54) is 19.1 Å². The normalized spacial score (nSPS) is 41.0. The number of aliphatic hydroxyl groups is 3. The third kappa shape index (κ3) is 11.3. The van der Waals surface area contributed by atoms with E-state index in [2.05, 4.69) is 6.58 Å². The minimum atomic E-state index is -2.51. The van der Waals surface area contributed by atoms with Crippen molar-refractivity contribution in [3.63, 3.8) is 0 Å². The Morgan fingerprint density at radius 1 is 0.930 bits per heavy atom. The number of aliphatic hydroxyl groups excluding tert-OH is 2. The molecule has 57 heavy (non-hydrogen) atoms. The van der Waals surface area contributed by atoms with E-state index in [0.717, 1.165) is 5.57 Å². The molecule has 13 nitrogen and oxygen atoms in total. The Labute approximate surface area is 339 Å². The second-order valence-electron chi connectivity index (χ2n) is 17.3. The molecule has 1 amide bonds. The minimum Gasteiger partial charge on any atom is -0.456 e. The average Bonchev–Trinajstić information content (AvgIpc) is 3.18. The Bertz CT molecular complexity index is 1480. The molecular weight excluding hydrogens is 734 g/mol. The van der Waals surface area contributed by atoms with Crippen LogP contribution in [0.25, 0.3) is 0 Å². The van der Waals surface area contributed by atoms with Crippen LogP contribution in [-0.2, 0) is 42.9 Å². The van der Waals surface area contributed by atoms with E-state index in [4.69, 9.17) is 23.7 Å². The number of cyclic esters (lactones) is 1. The topological polar surface area (TPSA) is 178 Å². The molecule has 0 aromatic heterocycles. The fourth-order valence-electron chi connectivity index (χ4n) is 9.42. The number of esters is 1. The zero-order chi connectivity index (χ0) is 42.2.